The number of rotatable bonds is 2. The Labute approximate surface area is 99.1 Å². The van der Waals surface area contributed by atoms with Gasteiger partial charge >= 0.3 is 0 Å². The molecule has 0 bridgehead atoms. The molecule has 0 saturated heterocycles. The van der Waals surface area contributed by atoms with Gasteiger partial charge < -0.3 is 10.6 Å². The van der Waals surface area contributed by atoms with Crippen LogP contribution in [-0.4, -0.2) is 29.5 Å². The van der Waals surface area contributed by atoms with Crippen molar-refractivity contribution in [2.75, 3.05) is 13.1 Å². The summed E-state index contributed by atoms with van der Waals surface area (Å²) in [7, 11) is 0. The Kier molecular flexibility index (Phi) is 3.72. The quantitative estimate of drug-likeness (QED) is 0.781. The van der Waals surface area contributed by atoms with Gasteiger partial charge in [-0.05, 0) is 19.3 Å². The van der Waals surface area contributed by atoms with Gasteiger partial charge in [0.1, 0.15) is 0 Å². The first-order chi connectivity index (χ1) is 7.78. The Balaban J connectivity index is 2.08. The molecule has 0 aromatic carbocycles. The van der Waals surface area contributed by atoms with Crippen LogP contribution in [0.25, 0.3) is 0 Å². The summed E-state index contributed by atoms with van der Waals surface area (Å²) in [5.74, 6) is 0.794. The van der Waals surface area contributed by atoms with Crippen LogP contribution in [-0.2, 0) is 0 Å². The third kappa shape index (κ3) is 2.18. The summed E-state index contributed by atoms with van der Waals surface area (Å²) < 4.78 is 0. The minimum atomic E-state index is 0.292. The summed E-state index contributed by atoms with van der Waals surface area (Å²) in [6.07, 6.45) is 10.6. The van der Waals surface area contributed by atoms with Crippen molar-refractivity contribution in [2.24, 2.45) is 10.7 Å². The maximum Gasteiger partial charge on any atom is 0.191 e. The molecule has 2 N–H and O–H groups in total. The molecule has 2 rings (SSSR count). The van der Waals surface area contributed by atoms with Crippen molar-refractivity contribution in [2.45, 2.75) is 63.8 Å². The zero-order chi connectivity index (χ0) is 11.4. The molecule has 1 aliphatic carbocycles. The van der Waals surface area contributed by atoms with Gasteiger partial charge in [0.2, 0.25) is 0 Å². The second-order valence-electron chi connectivity index (χ2n) is 5.32. The molecule has 92 valence electrons. The van der Waals surface area contributed by atoms with Crippen LogP contribution in [0.5, 0.6) is 0 Å². The molecular weight excluding hydrogens is 198 g/mol. The number of hydrogen-bond acceptors (Lipinski definition) is 3. The summed E-state index contributed by atoms with van der Waals surface area (Å²) in [6, 6.07) is 0. The largest absolute Gasteiger partial charge is 0.370 e. The van der Waals surface area contributed by atoms with Crippen molar-refractivity contribution < 1.29 is 0 Å². The molecule has 3 nitrogen and oxygen atoms in total. The van der Waals surface area contributed by atoms with Gasteiger partial charge in [-0.2, -0.15) is 0 Å². The number of guanidine groups is 1. The summed E-state index contributed by atoms with van der Waals surface area (Å²) >= 11 is 0. The molecule has 0 atom stereocenters. The molecule has 0 aromatic rings. The maximum absolute atomic E-state index is 6.04. The van der Waals surface area contributed by atoms with E-state index >= 15 is 0 Å². The second-order valence-corrected chi connectivity index (χ2v) is 5.32. The van der Waals surface area contributed by atoms with Crippen LogP contribution in [0.2, 0.25) is 0 Å². The molecule has 2 aliphatic rings. The van der Waals surface area contributed by atoms with Gasteiger partial charge in [0, 0.05) is 6.54 Å². The molecule has 0 unspecified atom stereocenters. The normalized spacial score (nSPS) is 25.3. The van der Waals surface area contributed by atoms with Crippen molar-refractivity contribution in [3.05, 3.63) is 0 Å². The standard InChI is InChI=1S/C13H25N3/c1-2-10-16-12(14)15-11-13(16)8-6-4-3-5-7-9-13/h2-11H2,1H3,(H2,14,15). The van der Waals surface area contributed by atoms with E-state index in [-0.39, 0.29) is 0 Å². The van der Waals surface area contributed by atoms with Crippen LogP contribution in [0.1, 0.15) is 58.3 Å². The van der Waals surface area contributed by atoms with E-state index in [0.29, 0.717) is 5.54 Å². The molecule has 3 heteroatoms. The Morgan fingerprint density at radius 2 is 1.81 bits per heavy atom. The van der Waals surface area contributed by atoms with Crippen molar-refractivity contribution in [3.8, 4) is 0 Å². The third-order valence-electron chi connectivity index (χ3n) is 4.12. The van der Waals surface area contributed by atoms with Crippen LogP contribution in [0.15, 0.2) is 4.99 Å². The monoisotopic (exact) mass is 223 g/mol. The van der Waals surface area contributed by atoms with Gasteiger partial charge in [0.05, 0.1) is 12.1 Å². The average Bonchev–Trinajstić information content (AvgIpc) is 2.54. The van der Waals surface area contributed by atoms with E-state index in [9.17, 15) is 0 Å². The molecule has 1 heterocycles. The van der Waals surface area contributed by atoms with E-state index in [0.717, 1.165) is 25.5 Å². The van der Waals surface area contributed by atoms with Crippen molar-refractivity contribution >= 4 is 5.96 Å². The minimum Gasteiger partial charge on any atom is -0.370 e. The molecule has 1 spiro atoms. The first-order valence-corrected chi connectivity index (χ1v) is 6.86. The van der Waals surface area contributed by atoms with Crippen molar-refractivity contribution in [1.82, 2.24) is 4.90 Å². The van der Waals surface area contributed by atoms with E-state index in [4.69, 9.17) is 5.73 Å². The lowest BCUT2D eigenvalue weighted by Gasteiger charge is -2.40. The third-order valence-corrected chi connectivity index (χ3v) is 4.12. The fourth-order valence-electron chi connectivity index (χ4n) is 3.21. The Hall–Kier alpha value is -0.730. The average molecular weight is 223 g/mol. The topological polar surface area (TPSA) is 41.6 Å². The second kappa shape index (κ2) is 5.07. The maximum atomic E-state index is 6.04. The lowest BCUT2D eigenvalue weighted by atomic mass is 9.83. The Bertz CT molecular complexity index is 252. The zero-order valence-corrected chi connectivity index (χ0v) is 10.5. The van der Waals surface area contributed by atoms with Crippen molar-refractivity contribution in [3.63, 3.8) is 0 Å². The smallest absolute Gasteiger partial charge is 0.191 e. The van der Waals surface area contributed by atoms with E-state index in [1.54, 1.807) is 0 Å². The molecule has 1 fully saturated rings. The van der Waals surface area contributed by atoms with Crippen LogP contribution in [0.4, 0.5) is 0 Å². The molecule has 0 radical (unpaired) electrons. The molecule has 1 aliphatic heterocycles. The minimum absolute atomic E-state index is 0.292. The van der Waals surface area contributed by atoms with Gasteiger partial charge in [-0.1, -0.05) is 39.0 Å². The summed E-state index contributed by atoms with van der Waals surface area (Å²) in [5.41, 5.74) is 6.33. The van der Waals surface area contributed by atoms with E-state index in [1.165, 1.54) is 44.9 Å². The highest BCUT2D eigenvalue weighted by molar-refractivity contribution is 5.81. The fraction of sp³-hybridized carbons (Fsp3) is 0.923. The van der Waals surface area contributed by atoms with Gasteiger partial charge in [-0.25, -0.2) is 0 Å². The molecule has 0 aromatic heterocycles. The lowest BCUT2D eigenvalue weighted by Crippen LogP contribution is -2.52. The summed E-state index contributed by atoms with van der Waals surface area (Å²) in [4.78, 5) is 6.91. The SMILES string of the molecule is CCCN1C(N)=NCC12CCCCCCC2. The summed E-state index contributed by atoms with van der Waals surface area (Å²) in [6.45, 7) is 4.25. The van der Waals surface area contributed by atoms with Crippen molar-refractivity contribution in [1.29, 1.82) is 0 Å². The molecular formula is C13H25N3. The van der Waals surface area contributed by atoms with Crippen LogP contribution in [0, 0.1) is 0 Å². The van der Waals surface area contributed by atoms with Gasteiger partial charge in [-0.15, -0.1) is 0 Å². The lowest BCUT2D eigenvalue weighted by molar-refractivity contribution is 0.155. The summed E-state index contributed by atoms with van der Waals surface area (Å²) in [5, 5.41) is 0. The first-order valence-electron chi connectivity index (χ1n) is 6.86. The van der Waals surface area contributed by atoms with E-state index in [1.807, 2.05) is 0 Å². The molecule has 16 heavy (non-hydrogen) atoms. The molecule has 1 saturated carbocycles. The number of nitrogens with two attached hydrogens (primary N) is 1. The van der Waals surface area contributed by atoms with E-state index in [2.05, 4.69) is 16.8 Å². The van der Waals surface area contributed by atoms with Crippen LogP contribution < -0.4 is 5.73 Å². The van der Waals surface area contributed by atoms with Gasteiger partial charge in [-0.3, -0.25) is 4.99 Å². The number of hydrogen-bond donors (Lipinski definition) is 1. The predicted octanol–water partition coefficient (Wildman–Crippen LogP) is 2.51. The van der Waals surface area contributed by atoms with Gasteiger partial charge in [0.25, 0.3) is 0 Å². The predicted molar refractivity (Wildman–Crippen MR) is 68.5 cm³/mol. The molecule has 0 amide bonds. The highest BCUT2D eigenvalue weighted by Crippen LogP contribution is 2.35. The zero-order valence-electron chi connectivity index (χ0n) is 10.5. The Morgan fingerprint density at radius 1 is 1.19 bits per heavy atom. The first kappa shape index (κ1) is 11.7. The van der Waals surface area contributed by atoms with Gasteiger partial charge in [0.15, 0.2) is 5.96 Å². The van der Waals surface area contributed by atoms with Crippen LogP contribution >= 0.6 is 0 Å². The highest BCUT2D eigenvalue weighted by Gasteiger charge is 2.40. The van der Waals surface area contributed by atoms with Crippen LogP contribution in [0.3, 0.4) is 0 Å². The van der Waals surface area contributed by atoms with E-state index < -0.39 is 0 Å². The fourth-order valence-corrected chi connectivity index (χ4v) is 3.21. The Morgan fingerprint density at radius 3 is 2.44 bits per heavy atom. The number of aliphatic imine (C=N–C) groups is 1. The number of nitrogens with zero attached hydrogens (tertiary/aromatic N) is 2. The highest BCUT2D eigenvalue weighted by atomic mass is 15.4.